The van der Waals surface area contributed by atoms with Crippen LogP contribution >= 0.6 is 0 Å². The van der Waals surface area contributed by atoms with E-state index >= 15 is 0 Å². The van der Waals surface area contributed by atoms with E-state index in [0.717, 1.165) is 13.1 Å². The molecule has 19 heavy (non-hydrogen) atoms. The normalized spacial score (nSPS) is 14.8. The molecule has 0 fully saturated rings. The van der Waals surface area contributed by atoms with Gasteiger partial charge in [-0.25, -0.2) is 8.78 Å². The Morgan fingerprint density at radius 2 is 2.00 bits per heavy atom. The second-order valence-corrected chi connectivity index (χ2v) is 4.27. The van der Waals surface area contributed by atoms with Gasteiger partial charge in [0.2, 0.25) is 0 Å². The van der Waals surface area contributed by atoms with E-state index in [1.165, 1.54) is 0 Å². The number of phenolic OH excluding ortho intramolecular Hbond substituents is 1. The number of halogens is 2. The van der Waals surface area contributed by atoms with Gasteiger partial charge in [-0.3, -0.25) is 9.69 Å². The molecule has 0 bridgehead atoms. The van der Waals surface area contributed by atoms with Crippen molar-refractivity contribution in [3.8, 4) is 5.75 Å². The van der Waals surface area contributed by atoms with Crippen molar-refractivity contribution in [3.63, 3.8) is 0 Å². The van der Waals surface area contributed by atoms with Gasteiger partial charge in [-0.15, -0.1) is 0 Å². The molecule has 0 aromatic heterocycles. The number of aromatic hydroxyl groups is 1. The lowest BCUT2D eigenvalue weighted by Crippen LogP contribution is -2.34. The molecular weight excluding hydrogens is 254 g/mol. The van der Waals surface area contributed by atoms with E-state index in [2.05, 4.69) is 10.2 Å². The first-order valence-electron chi connectivity index (χ1n) is 5.91. The smallest absolute Gasteiger partial charge is 0.258 e. The number of hydrogen-bond acceptors (Lipinski definition) is 3. The molecule has 2 rings (SSSR count). The van der Waals surface area contributed by atoms with Crippen molar-refractivity contribution in [1.82, 2.24) is 10.2 Å². The number of carbonyl (C=O) groups excluding carboxylic acids is 1. The maximum atomic E-state index is 13.4. The third-order valence-corrected chi connectivity index (χ3v) is 2.87. The number of nitrogens with one attached hydrogen (secondary N) is 1. The summed E-state index contributed by atoms with van der Waals surface area (Å²) < 4.78 is 26.2. The van der Waals surface area contributed by atoms with Gasteiger partial charge < -0.3 is 10.4 Å². The van der Waals surface area contributed by atoms with Gasteiger partial charge in [0.25, 0.3) is 5.91 Å². The molecule has 1 amide bonds. The molecule has 0 saturated heterocycles. The average Bonchev–Trinajstić information content (AvgIpc) is 2.80. The molecule has 0 spiro atoms. The molecule has 102 valence electrons. The number of phenols is 1. The summed E-state index contributed by atoms with van der Waals surface area (Å²) in [6, 6.07) is 1.28. The molecule has 1 aliphatic heterocycles. The van der Waals surface area contributed by atoms with Gasteiger partial charge in [0.1, 0.15) is 22.9 Å². The molecule has 0 radical (unpaired) electrons. The molecule has 1 aromatic rings. The summed E-state index contributed by atoms with van der Waals surface area (Å²) in [6.07, 6.45) is 4.04. The highest BCUT2D eigenvalue weighted by atomic mass is 19.1. The van der Waals surface area contributed by atoms with Gasteiger partial charge in [0, 0.05) is 38.3 Å². The highest BCUT2D eigenvalue weighted by molar-refractivity contribution is 5.97. The fourth-order valence-corrected chi connectivity index (χ4v) is 1.91. The molecule has 4 nitrogen and oxygen atoms in total. The van der Waals surface area contributed by atoms with Crippen molar-refractivity contribution >= 4 is 5.91 Å². The Hall–Kier alpha value is -1.95. The maximum Gasteiger partial charge on any atom is 0.258 e. The molecule has 1 heterocycles. The van der Waals surface area contributed by atoms with Crippen LogP contribution < -0.4 is 5.32 Å². The SMILES string of the molecule is O=C(NCCN1CC=CC1)c1c(O)cc(F)cc1F. The average molecular weight is 268 g/mol. The van der Waals surface area contributed by atoms with Crippen molar-refractivity contribution in [2.75, 3.05) is 26.2 Å². The third kappa shape index (κ3) is 3.29. The van der Waals surface area contributed by atoms with Crippen LogP contribution in [0, 0.1) is 11.6 Å². The number of carbonyl (C=O) groups is 1. The van der Waals surface area contributed by atoms with Crippen molar-refractivity contribution in [3.05, 3.63) is 41.5 Å². The van der Waals surface area contributed by atoms with E-state index in [4.69, 9.17) is 0 Å². The maximum absolute atomic E-state index is 13.4. The second kappa shape index (κ2) is 5.79. The zero-order chi connectivity index (χ0) is 13.8. The predicted octanol–water partition coefficient (Wildman–Crippen LogP) is 1.27. The lowest BCUT2D eigenvalue weighted by Gasteiger charge is -2.15. The number of benzene rings is 1. The number of rotatable bonds is 4. The first-order valence-corrected chi connectivity index (χ1v) is 5.91. The van der Waals surface area contributed by atoms with Crippen LogP contribution in [0.25, 0.3) is 0 Å². The summed E-state index contributed by atoms with van der Waals surface area (Å²) in [4.78, 5) is 13.8. The van der Waals surface area contributed by atoms with Crippen LogP contribution in [-0.4, -0.2) is 42.1 Å². The summed E-state index contributed by atoms with van der Waals surface area (Å²) in [5.41, 5.74) is -0.527. The van der Waals surface area contributed by atoms with Gasteiger partial charge >= 0.3 is 0 Å². The van der Waals surface area contributed by atoms with Crippen molar-refractivity contribution in [2.45, 2.75) is 0 Å². The molecule has 0 saturated carbocycles. The molecule has 6 heteroatoms. The second-order valence-electron chi connectivity index (χ2n) is 4.27. The number of amides is 1. The quantitative estimate of drug-likeness (QED) is 0.809. The molecule has 2 N–H and O–H groups in total. The van der Waals surface area contributed by atoms with Crippen LogP contribution in [0.1, 0.15) is 10.4 Å². The van der Waals surface area contributed by atoms with Crippen molar-refractivity contribution in [1.29, 1.82) is 0 Å². The molecule has 1 aliphatic rings. The van der Waals surface area contributed by atoms with Gasteiger partial charge in [0.15, 0.2) is 0 Å². The zero-order valence-electron chi connectivity index (χ0n) is 10.2. The molecule has 1 aromatic carbocycles. The highest BCUT2D eigenvalue weighted by Gasteiger charge is 2.18. The standard InChI is InChI=1S/C13H14F2N2O2/c14-9-7-10(15)12(11(18)8-9)13(19)16-3-6-17-4-1-2-5-17/h1-2,7-8,18H,3-6H2,(H,16,19). The third-order valence-electron chi connectivity index (χ3n) is 2.87. The minimum atomic E-state index is -1.07. The van der Waals surface area contributed by atoms with E-state index in [0.29, 0.717) is 25.2 Å². The van der Waals surface area contributed by atoms with E-state index in [1.807, 2.05) is 12.2 Å². The summed E-state index contributed by atoms with van der Waals surface area (Å²) in [6.45, 7) is 2.61. The van der Waals surface area contributed by atoms with Crippen LogP contribution in [0.4, 0.5) is 8.78 Å². The summed E-state index contributed by atoms with van der Waals surface area (Å²) in [5.74, 6) is -3.44. The van der Waals surface area contributed by atoms with Gasteiger partial charge in [-0.2, -0.15) is 0 Å². The first-order chi connectivity index (χ1) is 9.08. The Morgan fingerprint density at radius 1 is 1.32 bits per heavy atom. The summed E-state index contributed by atoms with van der Waals surface area (Å²) in [5, 5.41) is 11.9. The Balaban J connectivity index is 1.92. The Morgan fingerprint density at radius 3 is 2.63 bits per heavy atom. The summed E-state index contributed by atoms with van der Waals surface area (Å²) >= 11 is 0. The van der Waals surface area contributed by atoms with Crippen LogP contribution in [-0.2, 0) is 0 Å². The monoisotopic (exact) mass is 268 g/mol. The largest absolute Gasteiger partial charge is 0.507 e. The topological polar surface area (TPSA) is 52.6 Å². The Kier molecular flexibility index (Phi) is 4.11. The zero-order valence-corrected chi connectivity index (χ0v) is 10.2. The predicted molar refractivity (Wildman–Crippen MR) is 65.9 cm³/mol. The van der Waals surface area contributed by atoms with E-state index in [-0.39, 0.29) is 0 Å². The number of nitrogens with zero attached hydrogens (tertiary/aromatic N) is 1. The lowest BCUT2D eigenvalue weighted by molar-refractivity contribution is 0.0943. The van der Waals surface area contributed by atoms with E-state index in [1.54, 1.807) is 0 Å². The van der Waals surface area contributed by atoms with Crippen LogP contribution in [0.5, 0.6) is 5.75 Å². The fourth-order valence-electron chi connectivity index (χ4n) is 1.91. The van der Waals surface area contributed by atoms with Crippen LogP contribution in [0.15, 0.2) is 24.3 Å². The molecule has 0 aliphatic carbocycles. The van der Waals surface area contributed by atoms with E-state index < -0.39 is 28.9 Å². The molecule has 0 atom stereocenters. The molecule has 0 unspecified atom stereocenters. The minimum absolute atomic E-state index is 0.330. The fraction of sp³-hybridized carbons (Fsp3) is 0.308. The first kappa shape index (κ1) is 13.5. The van der Waals surface area contributed by atoms with Crippen molar-refractivity contribution in [2.24, 2.45) is 0 Å². The van der Waals surface area contributed by atoms with Crippen molar-refractivity contribution < 1.29 is 18.7 Å². The Bertz CT molecular complexity index is 486. The van der Waals surface area contributed by atoms with E-state index in [9.17, 15) is 18.7 Å². The minimum Gasteiger partial charge on any atom is -0.507 e. The van der Waals surface area contributed by atoms with Gasteiger partial charge in [-0.1, -0.05) is 12.2 Å². The molecular formula is C13H14F2N2O2. The van der Waals surface area contributed by atoms with Gasteiger partial charge in [-0.05, 0) is 0 Å². The number of hydrogen-bond donors (Lipinski definition) is 2. The Labute approximate surface area is 109 Å². The van der Waals surface area contributed by atoms with Crippen LogP contribution in [0.2, 0.25) is 0 Å². The van der Waals surface area contributed by atoms with Crippen LogP contribution in [0.3, 0.4) is 0 Å². The summed E-state index contributed by atoms with van der Waals surface area (Å²) in [7, 11) is 0. The lowest BCUT2D eigenvalue weighted by atomic mass is 10.1. The van der Waals surface area contributed by atoms with Gasteiger partial charge in [0.05, 0.1) is 0 Å². The highest BCUT2D eigenvalue weighted by Crippen LogP contribution is 2.21.